The molecule has 0 spiro atoms. The van der Waals surface area contributed by atoms with Crippen molar-refractivity contribution in [3.05, 3.63) is 53.7 Å². The highest BCUT2D eigenvalue weighted by Gasteiger charge is 2.33. The first-order valence-corrected chi connectivity index (χ1v) is 8.82. The number of aromatic nitrogens is 2. The smallest absolute Gasteiger partial charge is 0.231 e. The summed E-state index contributed by atoms with van der Waals surface area (Å²) in [6.07, 6.45) is 6.25. The minimum atomic E-state index is -0.312. The van der Waals surface area contributed by atoms with Gasteiger partial charge in [-0.25, -0.2) is 9.37 Å². The number of piperazine rings is 1. The summed E-state index contributed by atoms with van der Waals surface area (Å²) in [6.45, 7) is 2.38. The summed E-state index contributed by atoms with van der Waals surface area (Å²) in [5.74, 6) is 0.0795. The minimum absolute atomic E-state index is 0.136. The molecule has 2 aromatic heterocycles. The fourth-order valence-corrected chi connectivity index (χ4v) is 3.82. The van der Waals surface area contributed by atoms with Crippen LogP contribution in [0.2, 0.25) is 0 Å². The van der Waals surface area contributed by atoms with Gasteiger partial charge in [0.2, 0.25) is 5.91 Å². The second kappa shape index (κ2) is 6.78. The van der Waals surface area contributed by atoms with E-state index in [1.165, 1.54) is 11.6 Å². The van der Waals surface area contributed by atoms with E-state index in [1.807, 2.05) is 15.9 Å². The molecule has 4 rings (SSSR count). The van der Waals surface area contributed by atoms with Gasteiger partial charge >= 0.3 is 0 Å². The summed E-state index contributed by atoms with van der Waals surface area (Å²) in [4.78, 5) is 25.4. The van der Waals surface area contributed by atoms with Gasteiger partial charge in [0.15, 0.2) is 11.6 Å². The Kier molecular flexibility index (Phi) is 4.34. The number of halogens is 1. The molecule has 5 nitrogen and oxygen atoms in total. The number of rotatable bonds is 2. The maximum Gasteiger partial charge on any atom is 0.231 e. The van der Waals surface area contributed by atoms with Crippen molar-refractivity contribution in [1.29, 1.82) is 0 Å². The molecule has 1 amide bonds. The average Bonchev–Trinajstić information content (AvgIpc) is 2.67. The van der Waals surface area contributed by atoms with Crippen LogP contribution in [0.1, 0.15) is 30.0 Å². The number of hydrogen-bond donors (Lipinski definition) is 0. The normalized spacial score (nSPS) is 20.3. The summed E-state index contributed by atoms with van der Waals surface area (Å²) < 4.78 is 13.9. The van der Waals surface area contributed by atoms with Crippen LogP contribution in [0.4, 0.5) is 10.2 Å². The molecule has 2 aliphatic rings. The highest BCUT2D eigenvalue weighted by Crippen LogP contribution is 2.31. The van der Waals surface area contributed by atoms with Crippen molar-refractivity contribution in [2.75, 3.05) is 31.1 Å². The molecule has 1 aliphatic carbocycles. The molecule has 1 saturated heterocycles. The molecule has 130 valence electrons. The van der Waals surface area contributed by atoms with E-state index < -0.39 is 0 Å². The largest absolute Gasteiger partial charge is 0.351 e. The number of aryl methyl sites for hydroxylation is 1. The molecular weight excluding hydrogens is 319 g/mol. The van der Waals surface area contributed by atoms with E-state index in [2.05, 4.69) is 16.0 Å². The van der Waals surface area contributed by atoms with E-state index in [4.69, 9.17) is 0 Å². The predicted molar refractivity (Wildman–Crippen MR) is 92.9 cm³/mol. The fourth-order valence-electron chi connectivity index (χ4n) is 3.82. The Morgan fingerprint density at radius 1 is 1.08 bits per heavy atom. The second-order valence-corrected chi connectivity index (χ2v) is 6.61. The molecule has 6 heteroatoms. The van der Waals surface area contributed by atoms with Crippen molar-refractivity contribution in [1.82, 2.24) is 14.9 Å². The lowest BCUT2D eigenvalue weighted by Gasteiger charge is -2.37. The molecule has 25 heavy (non-hydrogen) atoms. The van der Waals surface area contributed by atoms with Crippen LogP contribution < -0.4 is 4.90 Å². The molecule has 3 heterocycles. The van der Waals surface area contributed by atoms with E-state index in [0.29, 0.717) is 32.0 Å². The lowest BCUT2D eigenvalue weighted by atomic mass is 9.85. The molecule has 0 saturated carbocycles. The van der Waals surface area contributed by atoms with Crippen LogP contribution in [0.15, 0.2) is 36.7 Å². The van der Waals surface area contributed by atoms with E-state index >= 15 is 0 Å². The standard InChI is InChI=1S/C19H21FN4O/c20-16-7-3-9-22-18(16)23-10-12-24(13-11-23)19(25)15-6-1-4-14-5-2-8-21-17(14)15/h2-3,5,7-9,15H,1,4,6,10-13H2. The summed E-state index contributed by atoms with van der Waals surface area (Å²) >= 11 is 0. The zero-order valence-electron chi connectivity index (χ0n) is 14.1. The number of amides is 1. The lowest BCUT2D eigenvalue weighted by Crippen LogP contribution is -2.50. The van der Waals surface area contributed by atoms with Crippen molar-refractivity contribution in [3.63, 3.8) is 0 Å². The third kappa shape index (κ3) is 3.08. The fraction of sp³-hybridized carbons (Fsp3) is 0.421. The maximum absolute atomic E-state index is 13.9. The Labute approximate surface area is 146 Å². The second-order valence-electron chi connectivity index (χ2n) is 6.61. The van der Waals surface area contributed by atoms with Crippen molar-refractivity contribution in [3.8, 4) is 0 Å². The molecule has 0 bridgehead atoms. The first-order valence-electron chi connectivity index (χ1n) is 8.82. The Bertz CT molecular complexity index is 774. The van der Waals surface area contributed by atoms with E-state index in [9.17, 15) is 9.18 Å². The first-order chi connectivity index (χ1) is 12.2. The van der Waals surface area contributed by atoms with Crippen LogP contribution in [0, 0.1) is 5.82 Å². The summed E-state index contributed by atoms with van der Waals surface area (Å²) in [5.41, 5.74) is 2.14. The van der Waals surface area contributed by atoms with Gasteiger partial charge in [0, 0.05) is 38.6 Å². The average molecular weight is 340 g/mol. The van der Waals surface area contributed by atoms with E-state index in [0.717, 1.165) is 25.0 Å². The van der Waals surface area contributed by atoms with Gasteiger partial charge in [-0.1, -0.05) is 6.07 Å². The SMILES string of the molecule is O=C(C1CCCc2cccnc21)N1CCN(c2ncccc2F)CC1. The van der Waals surface area contributed by atoms with Gasteiger partial charge in [0.25, 0.3) is 0 Å². The van der Waals surface area contributed by atoms with Crippen LogP contribution in [-0.2, 0) is 11.2 Å². The number of nitrogens with zero attached hydrogens (tertiary/aromatic N) is 4. The number of hydrogen-bond acceptors (Lipinski definition) is 4. The summed E-state index contributed by atoms with van der Waals surface area (Å²) in [7, 11) is 0. The highest BCUT2D eigenvalue weighted by atomic mass is 19.1. The first kappa shape index (κ1) is 16.0. The molecule has 1 unspecified atom stereocenters. The molecule has 0 aromatic carbocycles. The van der Waals surface area contributed by atoms with Gasteiger partial charge in [-0.05, 0) is 43.0 Å². The van der Waals surface area contributed by atoms with Gasteiger partial charge in [0.1, 0.15) is 0 Å². The molecule has 1 atom stereocenters. The van der Waals surface area contributed by atoms with Crippen LogP contribution in [0.5, 0.6) is 0 Å². The number of carbonyl (C=O) groups excluding carboxylic acids is 1. The summed E-state index contributed by atoms with van der Waals surface area (Å²) in [6, 6.07) is 7.02. The minimum Gasteiger partial charge on any atom is -0.351 e. The highest BCUT2D eigenvalue weighted by molar-refractivity contribution is 5.84. The van der Waals surface area contributed by atoms with Crippen molar-refractivity contribution in [2.24, 2.45) is 0 Å². The number of fused-ring (bicyclic) bond motifs is 1. The molecule has 2 aromatic rings. The van der Waals surface area contributed by atoms with Gasteiger partial charge in [-0.3, -0.25) is 9.78 Å². The lowest BCUT2D eigenvalue weighted by molar-refractivity contribution is -0.133. The maximum atomic E-state index is 13.9. The summed E-state index contributed by atoms with van der Waals surface area (Å²) in [5, 5.41) is 0. The van der Waals surface area contributed by atoms with Gasteiger partial charge in [-0.15, -0.1) is 0 Å². The Morgan fingerprint density at radius 2 is 1.84 bits per heavy atom. The molecular formula is C19H21FN4O. The van der Waals surface area contributed by atoms with Crippen LogP contribution in [0.25, 0.3) is 0 Å². The van der Waals surface area contributed by atoms with Gasteiger partial charge in [0.05, 0.1) is 11.6 Å². The third-order valence-electron chi connectivity index (χ3n) is 5.12. The van der Waals surface area contributed by atoms with Crippen LogP contribution >= 0.6 is 0 Å². The quantitative estimate of drug-likeness (QED) is 0.842. The van der Waals surface area contributed by atoms with E-state index in [-0.39, 0.29) is 17.6 Å². The van der Waals surface area contributed by atoms with Crippen LogP contribution in [-0.4, -0.2) is 47.0 Å². The number of carbonyl (C=O) groups is 1. The Morgan fingerprint density at radius 3 is 2.64 bits per heavy atom. The van der Waals surface area contributed by atoms with Crippen molar-refractivity contribution in [2.45, 2.75) is 25.2 Å². The van der Waals surface area contributed by atoms with Gasteiger partial charge < -0.3 is 9.80 Å². The zero-order valence-corrected chi connectivity index (χ0v) is 14.1. The predicted octanol–water partition coefficient (Wildman–Crippen LogP) is 2.38. The molecule has 0 N–H and O–H groups in total. The molecule has 0 radical (unpaired) electrons. The van der Waals surface area contributed by atoms with Crippen molar-refractivity contribution >= 4 is 11.7 Å². The van der Waals surface area contributed by atoms with E-state index in [1.54, 1.807) is 18.5 Å². The Hall–Kier alpha value is -2.50. The Balaban J connectivity index is 1.45. The topological polar surface area (TPSA) is 49.3 Å². The van der Waals surface area contributed by atoms with Crippen LogP contribution in [0.3, 0.4) is 0 Å². The number of pyridine rings is 2. The van der Waals surface area contributed by atoms with Crippen molar-refractivity contribution < 1.29 is 9.18 Å². The van der Waals surface area contributed by atoms with Gasteiger partial charge in [-0.2, -0.15) is 0 Å². The number of anilines is 1. The third-order valence-corrected chi connectivity index (χ3v) is 5.12. The molecule has 1 aliphatic heterocycles. The monoisotopic (exact) mass is 340 g/mol. The zero-order chi connectivity index (χ0) is 17.2. The molecule has 1 fully saturated rings.